The number of esters is 1. The molecule has 2 aromatic rings. The van der Waals surface area contributed by atoms with E-state index in [1.165, 1.54) is 0 Å². The summed E-state index contributed by atoms with van der Waals surface area (Å²) in [7, 11) is 0. The molecule has 6 heteroatoms. The molecule has 2 aliphatic rings. The topological polar surface area (TPSA) is 59.1 Å². The van der Waals surface area contributed by atoms with Crippen LogP contribution in [-0.4, -0.2) is 53.6 Å². The predicted octanol–water partition coefficient (Wildman–Crippen LogP) is 3.46. The van der Waals surface area contributed by atoms with Crippen molar-refractivity contribution in [3.63, 3.8) is 0 Å². The summed E-state index contributed by atoms with van der Waals surface area (Å²) in [5.74, 6) is 0.0772. The lowest BCUT2D eigenvalue weighted by Gasteiger charge is -2.29. The molecule has 0 saturated carbocycles. The average molecular weight is 408 g/mol. The first kappa shape index (κ1) is 20.4. The monoisotopic (exact) mass is 408 g/mol. The molecule has 1 amide bonds. The van der Waals surface area contributed by atoms with Crippen LogP contribution >= 0.6 is 0 Å². The minimum atomic E-state index is -0.291. The van der Waals surface area contributed by atoms with E-state index >= 15 is 0 Å². The molecule has 3 atom stereocenters. The Kier molecular flexibility index (Phi) is 6.33. The van der Waals surface area contributed by atoms with Crippen LogP contribution in [0, 0.1) is 5.92 Å². The first-order chi connectivity index (χ1) is 14.7. The van der Waals surface area contributed by atoms with Crippen molar-refractivity contribution in [2.24, 2.45) is 5.92 Å². The fraction of sp³-hybridized carbons (Fsp3) is 0.417. The van der Waals surface area contributed by atoms with Crippen molar-refractivity contribution in [3.05, 3.63) is 71.8 Å². The summed E-state index contributed by atoms with van der Waals surface area (Å²) in [5, 5.41) is 0. The number of benzene rings is 2. The third-order valence-electron chi connectivity index (χ3n) is 5.99. The van der Waals surface area contributed by atoms with Gasteiger partial charge in [0, 0.05) is 25.7 Å². The second kappa shape index (κ2) is 9.30. The van der Waals surface area contributed by atoms with Gasteiger partial charge in [-0.3, -0.25) is 9.69 Å². The molecule has 30 heavy (non-hydrogen) atoms. The first-order valence-electron chi connectivity index (χ1n) is 10.6. The normalized spacial score (nSPS) is 23.2. The van der Waals surface area contributed by atoms with E-state index in [0.717, 1.165) is 11.1 Å². The quantitative estimate of drug-likeness (QED) is 0.685. The van der Waals surface area contributed by atoms with Crippen molar-refractivity contribution in [2.45, 2.75) is 38.6 Å². The van der Waals surface area contributed by atoms with E-state index < -0.39 is 0 Å². The van der Waals surface area contributed by atoms with Crippen molar-refractivity contribution in [1.82, 2.24) is 9.80 Å². The van der Waals surface area contributed by atoms with E-state index in [0.29, 0.717) is 32.7 Å². The third-order valence-corrected chi connectivity index (χ3v) is 5.99. The first-order valence-corrected chi connectivity index (χ1v) is 10.6. The van der Waals surface area contributed by atoms with Gasteiger partial charge < -0.3 is 14.4 Å². The van der Waals surface area contributed by atoms with Crippen LogP contribution in [0.2, 0.25) is 0 Å². The standard InChI is InChI=1S/C24H28N2O4/c1-2-29-23(27)21-13-20-15-25(24(28)30-17-19-11-7-4-8-12-19)16-22(20)26(21)14-18-9-5-3-6-10-18/h3-12,20-22H,2,13-17H2,1H3/t20-,21-,22+/m0/s1. The van der Waals surface area contributed by atoms with E-state index in [9.17, 15) is 9.59 Å². The Hall–Kier alpha value is -2.86. The molecule has 158 valence electrons. The summed E-state index contributed by atoms with van der Waals surface area (Å²) in [5.41, 5.74) is 2.12. The number of fused-ring (bicyclic) bond motifs is 1. The second-order valence-electron chi connectivity index (χ2n) is 7.93. The van der Waals surface area contributed by atoms with Crippen LogP contribution in [0.1, 0.15) is 24.5 Å². The fourth-order valence-electron chi connectivity index (χ4n) is 4.57. The minimum absolute atomic E-state index is 0.129. The van der Waals surface area contributed by atoms with E-state index in [-0.39, 0.29) is 36.7 Å². The number of rotatable bonds is 6. The Morgan fingerprint density at radius 3 is 2.27 bits per heavy atom. The van der Waals surface area contributed by atoms with Gasteiger partial charge in [0.05, 0.1) is 6.61 Å². The molecule has 2 fully saturated rings. The summed E-state index contributed by atoms with van der Waals surface area (Å²) < 4.78 is 10.9. The zero-order valence-corrected chi connectivity index (χ0v) is 17.3. The van der Waals surface area contributed by atoms with Gasteiger partial charge in [-0.1, -0.05) is 60.7 Å². The number of ether oxygens (including phenoxy) is 2. The Bertz CT molecular complexity index is 858. The summed E-state index contributed by atoms with van der Waals surface area (Å²) in [6.45, 7) is 4.32. The molecule has 0 spiro atoms. The van der Waals surface area contributed by atoms with Crippen LogP contribution in [-0.2, 0) is 27.4 Å². The lowest BCUT2D eigenvalue weighted by molar-refractivity contribution is -0.149. The molecular formula is C24H28N2O4. The molecule has 2 saturated heterocycles. The van der Waals surface area contributed by atoms with E-state index in [1.54, 1.807) is 4.90 Å². The molecular weight excluding hydrogens is 380 g/mol. The maximum atomic E-state index is 12.6. The van der Waals surface area contributed by atoms with E-state index in [4.69, 9.17) is 9.47 Å². The Morgan fingerprint density at radius 2 is 1.60 bits per heavy atom. The lowest BCUT2D eigenvalue weighted by atomic mass is 10.0. The van der Waals surface area contributed by atoms with Crippen LogP contribution in [0.25, 0.3) is 0 Å². The Labute approximate surface area is 177 Å². The van der Waals surface area contributed by atoms with Gasteiger partial charge in [0.1, 0.15) is 12.6 Å². The highest BCUT2D eigenvalue weighted by Gasteiger charge is 2.50. The van der Waals surface area contributed by atoms with Crippen molar-refractivity contribution >= 4 is 12.1 Å². The second-order valence-corrected chi connectivity index (χ2v) is 7.93. The van der Waals surface area contributed by atoms with Crippen molar-refractivity contribution in [3.8, 4) is 0 Å². The highest BCUT2D eigenvalue weighted by atomic mass is 16.6. The summed E-state index contributed by atoms with van der Waals surface area (Å²) in [6.07, 6.45) is 0.416. The van der Waals surface area contributed by atoms with E-state index in [2.05, 4.69) is 17.0 Å². The molecule has 0 bridgehead atoms. The molecule has 2 aromatic carbocycles. The largest absolute Gasteiger partial charge is 0.465 e. The molecule has 0 N–H and O–H groups in total. The molecule has 0 aliphatic carbocycles. The highest BCUT2D eigenvalue weighted by Crippen LogP contribution is 2.37. The number of nitrogens with zero attached hydrogens (tertiary/aromatic N) is 2. The number of carbonyl (C=O) groups excluding carboxylic acids is 2. The smallest absolute Gasteiger partial charge is 0.410 e. The van der Waals surface area contributed by atoms with Crippen LogP contribution in [0.4, 0.5) is 4.79 Å². The zero-order valence-electron chi connectivity index (χ0n) is 17.3. The van der Waals surface area contributed by atoms with Gasteiger partial charge in [0.15, 0.2) is 0 Å². The molecule has 0 unspecified atom stereocenters. The van der Waals surface area contributed by atoms with Gasteiger partial charge in [-0.25, -0.2) is 4.79 Å². The molecule has 2 heterocycles. The van der Waals surface area contributed by atoms with Crippen molar-refractivity contribution in [2.75, 3.05) is 19.7 Å². The highest BCUT2D eigenvalue weighted by molar-refractivity contribution is 5.76. The number of likely N-dealkylation sites (tertiary alicyclic amines) is 2. The van der Waals surface area contributed by atoms with Crippen LogP contribution < -0.4 is 0 Å². The SMILES string of the molecule is CCOC(=O)[C@@H]1C[C@H]2CN(C(=O)OCc3ccccc3)C[C@H]2N1Cc1ccccc1. The molecule has 4 rings (SSSR count). The van der Waals surface area contributed by atoms with Crippen LogP contribution in [0.15, 0.2) is 60.7 Å². The number of carbonyl (C=O) groups is 2. The van der Waals surface area contributed by atoms with Gasteiger partial charge in [0.2, 0.25) is 0 Å². The van der Waals surface area contributed by atoms with E-state index in [1.807, 2.05) is 55.5 Å². The van der Waals surface area contributed by atoms with Crippen molar-refractivity contribution < 1.29 is 19.1 Å². The molecule has 2 aliphatic heterocycles. The Morgan fingerprint density at radius 1 is 0.933 bits per heavy atom. The molecule has 0 radical (unpaired) electrons. The predicted molar refractivity (Wildman–Crippen MR) is 113 cm³/mol. The van der Waals surface area contributed by atoms with Gasteiger partial charge in [-0.15, -0.1) is 0 Å². The fourth-order valence-corrected chi connectivity index (χ4v) is 4.57. The lowest BCUT2D eigenvalue weighted by Crippen LogP contribution is -2.44. The maximum absolute atomic E-state index is 12.6. The van der Waals surface area contributed by atoms with Gasteiger partial charge in [-0.2, -0.15) is 0 Å². The Balaban J connectivity index is 1.42. The van der Waals surface area contributed by atoms with Crippen LogP contribution in [0.3, 0.4) is 0 Å². The molecule has 6 nitrogen and oxygen atoms in total. The van der Waals surface area contributed by atoms with Gasteiger partial charge in [-0.05, 0) is 30.4 Å². The summed E-state index contributed by atoms with van der Waals surface area (Å²) >= 11 is 0. The third kappa shape index (κ3) is 4.49. The summed E-state index contributed by atoms with van der Waals surface area (Å²) in [6, 6.07) is 19.7. The average Bonchev–Trinajstić information content (AvgIpc) is 3.33. The van der Waals surface area contributed by atoms with Gasteiger partial charge in [0.25, 0.3) is 0 Å². The number of hydrogen-bond acceptors (Lipinski definition) is 5. The van der Waals surface area contributed by atoms with Crippen LogP contribution in [0.5, 0.6) is 0 Å². The minimum Gasteiger partial charge on any atom is -0.465 e. The van der Waals surface area contributed by atoms with Gasteiger partial charge >= 0.3 is 12.1 Å². The maximum Gasteiger partial charge on any atom is 0.410 e. The number of amides is 1. The van der Waals surface area contributed by atoms with Crippen molar-refractivity contribution in [1.29, 1.82) is 0 Å². The zero-order chi connectivity index (χ0) is 20.9. The summed E-state index contributed by atoms with van der Waals surface area (Å²) in [4.78, 5) is 29.2. The molecule has 0 aromatic heterocycles. The number of hydrogen-bond donors (Lipinski definition) is 0.